The van der Waals surface area contributed by atoms with Crippen LogP contribution in [0.2, 0.25) is 0 Å². The van der Waals surface area contributed by atoms with E-state index in [9.17, 15) is 0 Å². The second-order valence-corrected chi connectivity index (χ2v) is 7.48. The lowest BCUT2D eigenvalue weighted by molar-refractivity contribution is 0.141. The molecule has 0 saturated heterocycles. The molecule has 0 aliphatic heterocycles. The van der Waals surface area contributed by atoms with Gasteiger partial charge in [-0.1, -0.05) is 22.4 Å². The van der Waals surface area contributed by atoms with Crippen molar-refractivity contribution in [3.05, 3.63) is 76.9 Å². The summed E-state index contributed by atoms with van der Waals surface area (Å²) in [6, 6.07) is 15.8. The zero-order valence-corrected chi connectivity index (χ0v) is 19.3. The number of aryl methyl sites for hydroxylation is 3. The third kappa shape index (κ3) is 6.20. The average Bonchev–Trinajstić information content (AvgIpc) is 2.79. The van der Waals surface area contributed by atoms with Crippen LogP contribution in [0, 0.1) is 13.8 Å². The number of aromatic nitrogens is 3. The van der Waals surface area contributed by atoms with Gasteiger partial charge in [0.1, 0.15) is 19.4 Å². The topological polar surface area (TPSA) is 81.9 Å². The van der Waals surface area contributed by atoms with Crippen molar-refractivity contribution in [2.45, 2.75) is 40.5 Å². The fourth-order valence-electron chi connectivity index (χ4n) is 3.29. The number of rotatable bonds is 9. The Morgan fingerprint density at radius 3 is 2.38 bits per heavy atom. The van der Waals surface area contributed by atoms with Gasteiger partial charge in [-0.3, -0.25) is 15.0 Å². The number of nitrogens with zero attached hydrogens (tertiary/aromatic N) is 5. The molecule has 3 aromatic heterocycles. The van der Waals surface area contributed by atoms with Crippen molar-refractivity contribution in [1.29, 1.82) is 0 Å². The second-order valence-electron chi connectivity index (χ2n) is 7.48. The molecule has 32 heavy (non-hydrogen) atoms. The Morgan fingerprint density at radius 1 is 0.844 bits per heavy atom. The lowest BCUT2D eigenvalue weighted by atomic mass is 10.1. The zero-order valence-electron chi connectivity index (χ0n) is 19.3. The number of hydrogen-bond donors (Lipinski definition) is 0. The molecule has 0 aliphatic carbocycles. The van der Waals surface area contributed by atoms with Crippen molar-refractivity contribution in [1.82, 2.24) is 15.0 Å². The first-order chi connectivity index (χ1) is 15.5. The first kappa shape index (κ1) is 23.1. The molecular formula is C25H29N5O2. The molecule has 0 radical (unpaired) electrons. The first-order valence-electron chi connectivity index (χ1n) is 10.6. The van der Waals surface area contributed by atoms with Gasteiger partial charge in [0.2, 0.25) is 0 Å². The molecule has 3 heterocycles. The Hall–Kier alpha value is -3.61. The second kappa shape index (κ2) is 11.1. The van der Waals surface area contributed by atoms with Gasteiger partial charge in [-0.25, -0.2) is 0 Å². The summed E-state index contributed by atoms with van der Waals surface area (Å²) >= 11 is 0. The Balaban J connectivity index is 1.58. The molecule has 0 amide bonds. The number of oxime groups is 2. The Kier molecular flexibility index (Phi) is 8.02. The van der Waals surface area contributed by atoms with Gasteiger partial charge in [-0.2, -0.15) is 0 Å². The van der Waals surface area contributed by atoms with E-state index in [4.69, 9.17) is 19.6 Å². The van der Waals surface area contributed by atoms with Crippen molar-refractivity contribution in [2.75, 3.05) is 13.7 Å². The molecule has 0 saturated carbocycles. The van der Waals surface area contributed by atoms with Crippen LogP contribution < -0.4 is 0 Å². The van der Waals surface area contributed by atoms with Crippen LogP contribution in [-0.4, -0.2) is 40.1 Å². The largest absolute Gasteiger partial charge is 0.399 e. The molecule has 0 atom stereocenters. The maximum absolute atomic E-state index is 5.48. The van der Waals surface area contributed by atoms with E-state index in [0.717, 1.165) is 64.0 Å². The summed E-state index contributed by atoms with van der Waals surface area (Å²) in [7, 11) is 1.54. The molecule has 0 bridgehead atoms. The van der Waals surface area contributed by atoms with E-state index in [2.05, 4.69) is 15.3 Å². The van der Waals surface area contributed by atoms with Gasteiger partial charge in [0.05, 0.1) is 22.8 Å². The van der Waals surface area contributed by atoms with Gasteiger partial charge >= 0.3 is 0 Å². The van der Waals surface area contributed by atoms with Gasteiger partial charge in [0, 0.05) is 22.6 Å². The van der Waals surface area contributed by atoms with Crippen LogP contribution in [0.4, 0.5) is 0 Å². The van der Waals surface area contributed by atoms with Crippen LogP contribution in [0.3, 0.4) is 0 Å². The van der Waals surface area contributed by atoms with Crippen molar-refractivity contribution >= 4 is 11.4 Å². The Labute approximate surface area is 189 Å². The SMILES string of the molecule is CON=C(C)c1ccc(-c2cccc(CCCON=C(C)c3cccc(C)n3)n2)nc1C. The van der Waals surface area contributed by atoms with E-state index < -0.39 is 0 Å². The smallest absolute Gasteiger partial charge is 0.117 e. The van der Waals surface area contributed by atoms with E-state index in [0.29, 0.717) is 6.61 Å². The van der Waals surface area contributed by atoms with Crippen molar-refractivity contribution in [3.8, 4) is 11.4 Å². The van der Waals surface area contributed by atoms with E-state index in [-0.39, 0.29) is 0 Å². The van der Waals surface area contributed by atoms with Gasteiger partial charge in [-0.15, -0.1) is 0 Å². The minimum Gasteiger partial charge on any atom is -0.399 e. The molecule has 0 aliphatic rings. The Morgan fingerprint density at radius 2 is 1.62 bits per heavy atom. The molecule has 0 spiro atoms. The fraction of sp³-hybridized carbons (Fsp3) is 0.320. The Bertz CT molecular complexity index is 1120. The van der Waals surface area contributed by atoms with Crippen molar-refractivity contribution in [2.24, 2.45) is 10.3 Å². The molecule has 7 heteroatoms. The first-order valence-corrected chi connectivity index (χ1v) is 10.6. The van der Waals surface area contributed by atoms with E-state index >= 15 is 0 Å². The normalized spacial score (nSPS) is 12.0. The number of pyridine rings is 3. The van der Waals surface area contributed by atoms with Gasteiger partial charge in [0.15, 0.2) is 0 Å². The number of hydrogen-bond acceptors (Lipinski definition) is 7. The molecular weight excluding hydrogens is 402 g/mol. The minimum absolute atomic E-state index is 0.513. The van der Waals surface area contributed by atoms with Crippen LogP contribution in [-0.2, 0) is 16.1 Å². The summed E-state index contributed by atoms with van der Waals surface area (Å²) in [5.74, 6) is 0. The highest BCUT2D eigenvalue weighted by Crippen LogP contribution is 2.18. The quantitative estimate of drug-likeness (QED) is 0.273. The highest BCUT2D eigenvalue weighted by atomic mass is 16.6. The molecule has 0 unspecified atom stereocenters. The molecule has 0 fully saturated rings. The van der Waals surface area contributed by atoms with E-state index in [1.807, 2.05) is 76.2 Å². The third-order valence-corrected chi connectivity index (χ3v) is 4.90. The monoisotopic (exact) mass is 431 g/mol. The highest BCUT2D eigenvalue weighted by Gasteiger charge is 2.09. The standard InChI is InChI=1S/C25H29N5O2/c1-17-9-6-12-23(26-17)20(4)30-32-16-8-11-21-10-7-13-24(28-21)25-15-14-22(18(2)27-25)19(3)29-31-5/h6-7,9-10,12-15H,8,11,16H2,1-5H3. The summed E-state index contributed by atoms with van der Waals surface area (Å²) in [6.07, 6.45) is 1.61. The molecule has 0 aromatic carbocycles. The average molecular weight is 432 g/mol. The molecule has 3 aromatic rings. The molecule has 7 nitrogen and oxygen atoms in total. The van der Waals surface area contributed by atoms with Crippen molar-refractivity contribution < 1.29 is 9.68 Å². The van der Waals surface area contributed by atoms with Crippen molar-refractivity contribution in [3.63, 3.8) is 0 Å². The van der Waals surface area contributed by atoms with Crippen LogP contribution in [0.25, 0.3) is 11.4 Å². The van der Waals surface area contributed by atoms with Gasteiger partial charge in [-0.05, 0) is 76.9 Å². The fourth-order valence-corrected chi connectivity index (χ4v) is 3.29. The van der Waals surface area contributed by atoms with Gasteiger partial charge in [0.25, 0.3) is 0 Å². The van der Waals surface area contributed by atoms with E-state index in [1.54, 1.807) is 0 Å². The maximum atomic E-state index is 5.48. The highest BCUT2D eigenvalue weighted by molar-refractivity contribution is 5.99. The van der Waals surface area contributed by atoms with Crippen LogP contribution in [0.1, 0.15) is 48.6 Å². The summed E-state index contributed by atoms with van der Waals surface area (Å²) in [6.45, 7) is 8.23. The van der Waals surface area contributed by atoms with Gasteiger partial charge < -0.3 is 9.68 Å². The molecule has 166 valence electrons. The zero-order chi connectivity index (χ0) is 22.9. The summed E-state index contributed by atoms with van der Waals surface area (Å²) in [5.41, 5.74) is 7.87. The summed E-state index contributed by atoms with van der Waals surface area (Å²) in [4.78, 5) is 24.3. The summed E-state index contributed by atoms with van der Waals surface area (Å²) < 4.78 is 0. The van der Waals surface area contributed by atoms with Crippen LogP contribution >= 0.6 is 0 Å². The van der Waals surface area contributed by atoms with Crippen LogP contribution in [0.15, 0.2) is 58.8 Å². The maximum Gasteiger partial charge on any atom is 0.117 e. The lowest BCUT2D eigenvalue weighted by Crippen LogP contribution is -2.03. The third-order valence-electron chi connectivity index (χ3n) is 4.90. The predicted molar refractivity (Wildman–Crippen MR) is 127 cm³/mol. The molecule has 3 rings (SSSR count). The molecule has 0 N–H and O–H groups in total. The summed E-state index contributed by atoms with van der Waals surface area (Å²) in [5, 5.41) is 8.17. The minimum atomic E-state index is 0.513. The van der Waals surface area contributed by atoms with Crippen LogP contribution in [0.5, 0.6) is 0 Å². The van der Waals surface area contributed by atoms with E-state index in [1.165, 1.54) is 7.11 Å². The lowest BCUT2D eigenvalue weighted by Gasteiger charge is -2.08. The predicted octanol–water partition coefficient (Wildman–Crippen LogP) is 4.90.